The Balaban J connectivity index is 1.96. The fourth-order valence-corrected chi connectivity index (χ4v) is 3.16. The van der Waals surface area contributed by atoms with Crippen LogP contribution in [0.4, 0.5) is 0 Å². The Morgan fingerprint density at radius 2 is 2.07 bits per heavy atom. The van der Waals surface area contributed by atoms with Gasteiger partial charge in [0, 0.05) is 10.5 Å². The molecule has 0 saturated carbocycles. The van der Waals surface area contributed by atoms with Crippen LogP contribution in [0.3, 0.4) is 0 Å². The van der Waals surface area contributed by atoms with Crippen molar-refractivity contribution in [1.29, 1.82) is 0 Å². The summed E-state index contributed by atoms with van der Waals surface area (Å²) >= 11 is 3.59. The Hall–Kier alpha value is -0.340. The molecule has 1 atom stereocenters. The summed E-state index contributed by atoms with van der Waals surface area (Å²) in [5, 5.41) is 0. The van der Waals surface area contributed by atoms with Crippen LogP contribution in [0.2, 0.25) is 0 Å². The normalized spacial score (nSPS) is 25.8. The van der Waals surface area contributed by atoms with Crippen molar-refractivity contribution in [2.75, 3.05) is 13.1 Å². The van der Waals surface area contributed by atoms with Crippen LogP contribution in [-0.2, 0) is 6.42 Å². The minimum absolute atomic E-state index is 0.708. The van der Waals surface area contributed by atoms with E-state index < -0.39 is 0 Å². The van der Waals surface area contributed by atoms with E-state index in [1.54, 1.807) is 11.1 Å². The fraction of sp³-hybridized carbons (Fsp3) is 0.538. The van der Waals surface area contributed by atoms with Crippen LogP contribution in [0, 0.1) is 0 Å². The average molecular weight is 266 g/mol. The van der Waals surface area contributed by atoms with Gasteiger partial charge >= 0.3 is 0 Å². The molecule has 1 aliphatic heterocycles. The molecule has 0 N–H and O–H groups in total. The maximum Gasteiger partial charge on any atom is 0.0351 e. The van der Waals surface area contributed by atoms with Gasteiger partial charge < -0.3 is 0 Å². The van der Waals surface area contributed by atoms with E-state index in [4.69, 9.17) is 0 Å². The highest BCUT2D eigenvalue weighted by molar-refractivity contribution is 9.10. The maximum absolute atomic E-state index is 3.59. The Morgan fingerprint density at radius 1 is 1.20 bits per heavy atom. The van der Waals surface area contributed by atoms with Crippen molar-refractivity contribution in [3.8, 4) is 0 Å². The van der Waals surface area contributed by atoms with Crippen molar-refractivity contribution in [3.63, 3.8) is 0 Å². The lowest BCUT2D eigenvalue weighted by atomic mass is 9.85. The molecule has 1 heterocycles. The van der Waals surface area contributed by atoms with Crippen LogP contribution >= 0.6 is 15.9 Å². The first-order valence-electron chi connectivity index (χ1n) is 5.87. The van der Waals surface area contributed by atoms with Crippen molar-refractivity contribution in [2.45, 2.75) is 31.7 Å². The van der Waals surface area contributed by atoms with Gasteiger partial charge in [0.2, 0.25) is 0 Å². The van der Waals surface area contributed by atoms with Crippen molar-refractivity contribution in [3.05, 3.63) is 33.8 Å². The summed E-state index contributed by atoms with van der Waals surface area (Å²) in [4.78, 5) is 2.63. The monoisotopic (exact) mass is 265 g/mol. The van der Waals surface area contributed by atoms with Gasteiger partial charge in [-0.05, 0) is 62.0 Å². The van der Waals surface area contributed by atoms with Crippen molar-refractivity contribution >= 4 is 15.9 Å². The highest BCUT2D eigenvalue weighted by Crippen LogP contribution is 2.37. The van der Waals surface area contributed by atoms with Crippen molar-refractivity contribution < 1.29 is 0 Å². The number of hydrogen-bond acceptors (Lipinski definition) is 1. The number of hydrogen-bond donors (Lipinski definition) is 0. The number of fused-ring (bicyclic) bond motifs is 1. The first kappa shape index (κ1) is 9.86. The Labute approximate surface area is 99.6 Å². The number of nitrogens with zero attached hydrogens (tertiary/aromatic N) is 1. The molecule has 1 fully saturated rings. The van der Waals surface area contributed by atoms with Crippen LogP contribution in [0.15, 0.2) is 22.7 Å². The lowest BCUT2D eigenvalue weighted by Crippen LogP contribution is -2.41. The zero-order valence-corrected chi connectivity index (χ0v) is 10.5. The number of halogens is 1. The molecule has 0 spiro atoms. The standard InChI is InChI=1S/C13H16BrN/c14-11-6-5-10-3-1-4-13(12(10)9-11)15-7-2-8-15/h5-6,9,13H,1-4,7-8H2. The zero-order valence-electron chi connectivity index (χ0n) is 8.88. The molecule has 1 unspecified atom stereocenters. The third-order valence-electron chi connectivity index (χ3n) is 3.72. The van der Waals surface area contributed by atoms with Gasteiger partial charge in [0.25, 0.3) is 0 Å². The Bertz CT molecular complexity index is 371. The first-order valence-corrected chi connectivity index (χ1v) is 6.66. The molecular formula is C13H16BrN. The van der Waals surface area contributed by atoms with E-state index in [0.29, 0.717) is 6.04 Å². The van der Waals surface area contributed by atoms with E-state index >= 15 is 0 Å². The summed E-state index contributed by atoms with van der Waals surface area (Å²) in [6.45, 7) is 2.60. The van der Waals surface area contributed by atoms with Gasteiger partial charge in [-0.25, -0.2) is 0 Å². The first-order chi connectivity index (χ1) is 7.34. The molecule has 0 amide bonds. The smallest absolute Gasteiger partial charge is 0.0351 e. The summed E-state index contributed by atoms with van der Waals surface area (Å²) in [5.41, 5.74) is 3.15. The number of aryl methyl sites for hydroxylation is 1. The second-order valence-corrected chi connectivity index (χ2v) is 5.56. The highest BCUT2D eigenvalue weighted by Gasteiger charge is 2.29. The van der Waals surface area contributed by atoms with Crippen LogP contribution in [-0.4, -0.2) is 18.0 Å². The quantitative estimate of drug-likeness (QED) is 0.751. The van der Waals surface area contributed by atoms with Gasteiger partial charge in [-0.1, -0.05) is 22.0 Å². The molecule has 2 aliphatic rings. The molecule has 1 aromatic rings. The van der Waals surface area contributed by atoms with E-state index in [2.05, 4.69) is 39.0 Å². The molecule has 3 rings (SSSR count). The van der Waals surface area contributed by atoms with Gasteiger partial charge in [-0.3, -0.25) is 4.90 Å². The van der Waals surface area contributed by atoms with Gasteiger partial charge in [-0.15, -0.1) is 0 Å². The Kier molecular flexibility index (Phi) is 2.57. The molecular weight excluding hydrogens is 250 g/mol. The SMILES string of the molecule is Brc1ccc2c(c1)C(N1CCC1)CCC2. The third-order valence-corrected chi connectivity index (χ3v) is 4.22. The number of benzene rings is 1. The van der Waals surface area contributed by atoms with Crippen molar-refractivity contribution in [2.24, 2.45) is 0 Å². The second-order valence-electron chi connectivity index (χ2n) is 4.64. The Morgan fingerprint density at radius 3 is 2.80 bits per heavy atom. The largest absolute Gasteiger partial charge is 0.296 e. The molecule has 0 bridgehead atoms. The summed E-state index contributed by atoms with van der Waals surface area (Å²) in [7, 11) is 0. The minimum atomic E-state index is 0.708. The lowest BCUT2D eigenvalue weighted by molar-refractivity contribution is 0.105. The van der Waals surface area contributed by atoms with E-state index in [9.17, 15) is 0 Å². The number of rotatable bonds is 1. The number of likely N-dealkylation sites (tertiary alicyclic amines) is 1. The molecule has 1 nitrogen and oxygen atoms in total. The van der Waals surface area contributed by atoms with Gasteiger partial charge in [0.05, 0.1) is 0 Å². The molecule has 1 saturated heterocycles. The summed E-state index contributed by atoms with van der Waals surface area (Å²) in [6.07, 6.45) is 5.37. The lowest BCUT2D eigenvalue weighted by Gasteiger charge is -2.41. The fourth-order valence-electron chi connectivity index (χ4n) is 2.78. The zero-order chi connectivity index (χ0) is 10.3. The average Bonchev–Trinajstić information content (AvgIpc) is 2.16. The van der Waals surface area contributed by atoms with Crippen molar-refractivity contribution in [1.82, 2.24) is 4.90 Å². The van der Waals surface area contributed by atoms with E-state index in [0.717, 1.165) is 0 Å². The molecule has 1 aromatic carbocycles. The topological polar surface area (TPSA) is 3.24 Å². The highest BCUT2D eigenvalue weighted by atomic mass is 79.9. The minimum Gasteiger partial charge on any atom is -0.296 e. The molecule has 15 heavy (non-hydrogen) atoms. The van der Waals surface area contributed by atoms with Gasteiger partial charge in [-0.2, -0.15) is 0 Å². The van der Waals surface area contributed by atoms with E-state index in [1.807, 2.05) is 0 Å². The third kappa shape index (κ3) is 1.74. The molecule has 80 valence electrons. The van der Waals surface area contributed by atoms with E-state index in [-0.39, 0.29) is 0 Å². The second kappa shape index (κ2) is 3.91. The van der Waals surface area contributed by atoms with E-state index in [1.165, 1.54) is 43.2 Å². The van der Waals surface area contributed by atoms with Gasteiger partial charge in [0.1, 0.15) is 0 Å². The maximum atomic E-state index is 3.59. The van der Waals surface area contributed by atoms with Crippen LogP contribution < -0.4 is 0 Å². The summed E-state index contributed by atoms with van der Waals surface area (Å²) in [5.74, 6) is 0. The predicted octanol–water partition coefficient (Wildman–Crippen LogP) is 3.53. The molecule has 0 aromatic heterocycles. The summed E-state index contributed by atoms with van der Waals surface area (Å²) in [6, 6.07) is 7.51. The predicted molar refractivity (Wildman–Crippen MR) is 66.0 cm³/mol. The summed E-state index contributed by atoms with van der Waals surface area (Å²) < 4.78 is 1.23. The van der Waals surface area contributed by atoms with Crippen LogP contribution in [0.1, 0.15) is 36.4 Å². The molecule has 1 aliphatic carbocycles. The van der Waals surface area contributed by atoms with Crippen LogP contribution in [0.5, 0.6) is 0 Å². The molecule has 0 radical (unpaired) electrons. The van der Waals surface area contributed by atoms with Gasteiger partial charge in [0.15, 0.2) is 0 Å². The van der Waals surface area contributed by atoms with Crippen LogP contribution in [0.25, 0.3) is 0 Å². The molecule has 2 heteroatoms.